The molecule has 3 heterocycles. The van der Waals surface area contributed by atoms with Crippen molar-refractivity contribution in [3.05, 3.63) is 77.1 Å². The van der Waals surface area contributed by atoms with Crippen molar-refractivity contribution in [1.29, 1.82) is 0 Å². The first-order valence-corrected chi connectivity index (χ1v) is 10.9. The molecule has 1 fully saturated rings. The van der Waals surface area contributed by atoms with Crippen molar-refractivity contribution in [1.82, 2.24) is 9.47 Å². The lowest BCUT2D eigenvalue weighted by atomic mass is 9.86. The SMILES string of the molecule is COc1c(CO)cccc1C(=O)N1CCC2(CC1)Oc1ccccc1-n1c(C(F)(F)F)ccc12. The Morgan fingerprint density at radius 1 is 1.09 bits per heavy atom. The smallest absolute Gasteiger partial charge is 0.431 e. The van der Waals surface area contributed by atoms with E-state index in [9.17, 15) is 23.1 Å². The van der Waals surface area contributed by atoms with Gasteiger partial charge in [0.2, 0.25) is 0 Å². The Labute approximate surface area is 194 Å². The standard InChI is InChI=1S/C25H23F3N2O4/c1-33-22-16(15-31)5-4-6-17(22)23(32)29-13-11-24(12-14-29)20-9-10-21(25(26,27)28)30(20)18-7-2-3-8-19(18)34-24/h2-10,31H,11-15H2,1H3. The Hall–Kier alpha value is -3.46. The average molecular weight is 472 g/mol. The van der Waals surface area contributed by atoms with Crippen LogP contribution in [0.5, 0.6) is 11.5 Å². The summed E-state index contributed by atoms with van der Waals surface area (Å²) < 4.78 is 54.4. The van der Waals surface area contributed by atoms with Gasteiger partial charge in [-0.05, 0) is 30.3 Å². The van der Waals surface area contributed by atoms with Gasteiger partial charge in [0.25, 0.3) is 5.91 Å². The fourth-order valence-corrected chi connectivity index (χ4v) is 4.98. The second-order valence-corrected chi connectivity index (χ2v) is 8.45. The van der Waals surface area contributed by atoms with Crippen molar-refractivity contribution in [2.75, 3.05) is 20.2 Å². The number of hydrogen-bond donors (Lipinski definition) is 1. The van der Waals surface area contributed by atoms with Crippen molar-refractivity contribution in [3.8, 4) is 17.2 Å². The van der Waals surface area contributed by atoms with Gasteiger partial charge in [0.05, 0.1) is 30.7 Å². The number of rotatable bonds is 3. The van der Waals surface area contributed by atoms with E-state index in [2.05, 4.69) is 0 Å². The summed E-state index contributed by atoms with van der Waals surface area (Å²) >= 11 is 0. The van der Waals surface area contributed by atoms with Crippen LogP contribution in [0.2, 0.25) is 0 Å². The molecule has 1 N–H and O–H groups in total. The summed E-state index contributed by atoms with van der Waals surface area (Å²) in [5, 5.41) is 9.56. The average Bonchev–Trinajstić information content (AvgIpc) is 3.31. The predicted molar refractivity (Wildman–Crippen MR) is 117 cm³/mol. The largest absolute Gasteiger partial charge is 0.496 e. The molecule has 2 aromatic carbocycles. The number of amides is 1. The number of nitrogens with zero attached hydrogens (tertiary/aromatic N) is 2. The maximum absolute atomic E-state index is 13.8. The Balaban J connectivity index is 1.47. The van der Waals surface area contributed by atoms with Gasteiger partial charge in [0.1, 0.15) is 17.2 Å². The summed E-state index contributed by atoms with van der Waals surface area (Å²) in [6.07, 6.45) is -3.86. The number of aliphatic hydroxyl groups is 1. The van der Waals surface area contributed by atoms with E-state index in [0.717, 1.165) is 6.07 Å². The number of likely N-dealkylation sites (tertiary alicyclic amines) is 1. The number of halogens is 3. The second-order valence-electron chi connectivity index (χ2n) is 8.45. The highest BCUT2D eigenvalue weighted by atomic mass is 19.4. The Kier molecular flexibility index (Phi) is 5.31. The van der Waals surface area contributed by atoms with Crippen molar-refractivity contribution in [2.45, 2.75) is 31.2 Å². The molecule has 6 nitrogen and oxygen atoms in total. The maximum Gasteiger partial charge on any atom is 0.431 e. The van der Waals surface area contributed by atoms with Gasteiger partial charge in [-0.1, -0.05) is 24.3 Å². The van der Waals surface area contributed by atoms with Crippen molar-refractivity contribution < 1.29 is 32.5 Å². The van der Waals surface area contributed by atoms with Gasteiger partial charge in [0.15, 0.2) is 5.60 Å². The van der Waals surface area contributed by atoms with E-state index >= 15 is 0 Å². The third-order valence-corrected chi connectivity index (χ3v) is 6.61. The van der Waals surface area contributed by atoms with Crippen molar-refractivity contribution >= 4 is 5.91 Å². The number of aromatic nitrogens is 1. The molecule has 1 spiro atoms. The zero-order valence-corrected chi connectivity index (χ0v) is 18.4. The van der Waals surface area contributed by atoms with Crippen LogP contribution in [0.3, 0.4) is 0 Å². The molecule has 5 rings (SSSR count). The zero-order chi connectivity index (χ0) is 24.1. The van der Waals surface area contributed by atoms with E-state index in [1.54, 1.807) is 47.4 Å². The minimum absolute atomic E-state index is 0.260. The van der Waals surface area contributed by atoms with Crippen LogP contribution in [-0.4, -0.2) is 40.7 Å². The summed E-state index contributed by atoms with van der Waals surface area (Å²) in [7, 11) is 1.44. The first kappa shape index (κ1) is 22.3. The maximum atomic E-state index is 13.8. The van der Waals surface area contributed by atoms with Gasteiger partial charge in [-0.25, -0.2) is 0 Å². The van der Waals surface area contributed by atoms with Crippen molar-refractivity contribution in [2.24, 2.45) is 0 Å². The first-order chi connectivity index (χ1) is 16.3. The summed E-state index contributed by atoms with van der Waals surface area (Å²) in [6.45, 7) is 0.319. The number of alkyl halides is 3. The van der Waals surface area contributed by atoms with Gasteiger partial charge in [-0.3, -0.25) is 4.79 Å². The number of aliphatic hydroxyl groups excluding tert-OH is 1. The fourth-order valence-electron chi connectivity index (χ4n) is 4.98. The van der Waals surface area contributed by atoms with E-state index in [1.165, 1.54) is 17.7 Å². The lowest BCUT2D eigenvalue weighted by Gasteiger charge is -2.45. The topological polar surface area (TPSA) is 63.9 Å². The molecule has 1 amide bonds. The van der Waals surface area contributed by atoms with E-state index in [0.29, 0.717) is 59.9 Å². The predicted octanol–water partition coefficient (Wildman–Crippen LogP) is 4.52. The molecule has 1 aromatic heterocycles. The van der Waals surface area contributed by atoms with Crippen LogP contribution in [0, 0.1) is 0 Å². The summed E-state index contributed by atoms with van der Waals surface area (Å²) in [4.78, 5) is 14.9. The number of carbonyl (C=O) groups excluding carboxylic acids is 1. The van der Waals surface area contributed by atoms with E-state index in [1.807, 2.05) is 0 Å². The first-order valence-electron chi connectivity index (χ1n) is 10.9. The van der Waals surface area contributed by atoms with Gasteiger partial charge >= 0.3 is 6.18 Å². The number of methoxy groups -OCH3 is 1. The van der Waals surface area contributed by atoms with Crippen LogP contribution in [0.15, 0.2) is 54.6 Å². The number of carbonyl (C=O) groups is 1. The molecule has 0 unspecified atom stereocenters. The molecule has 0 radical (unpaired) electrons. The molecule has 0 atom stereocenters. The summed E-state index contributed by atoms with van der Waals surface area (Å²) in [5.41, 5.74) is -0.100. The third kappa shape index (κ3) is 3.42. The number of benzene rings is 2. The molecule has 0 bridgehead atoms. The zero-order valence-electron chi connectivity index (χ0n) is 18.4. The molecule has 0 saturated carbocycles. The monoisotopic (exact) mass is 472 g/mol. The van der Waals surface area contributed by atoms with E-state index < -0.39 is 17.5 Å². The fraction of sp³-hybridized carbons (Fsp3) is 0.320. The van der Waals surface area contributed by atoms with Gasteiger partial charge in [0, 0.05) is 31.5 Å². The Morgan fingerprint density at radius 3 is 2.50 bits per heavy atom. The number of fused-ring (bicyclic) bond motifs is 4. The third-order valence-electron chi connectivity index (χ3n) is 6.61. The Morgan fingerprint density at radius 2 is 1.82 bits per heavy atom. The Bertz CT molecular complexity index is 1240. The van der Waals surface area contributed by atoms with E-state index in [4.69, 9.17) is 9.47 Å². The molecule has 1 saturated heterocycles. The van der Waals surface area contributed by atoms with Crippen LogP contribution in [0.4, 0.5) is 13.2 Å². The molecule has 34 heavy (non-hydrogen) atoms. The lowest BCUT2D eigenvalue weighted by Crippen LogP contribution is -2.50. The number of ether oxygens (including phenoxy) is 2. The number of para-hydroxylation sites is 3. The van der Waals surface area contributed by atoms with Gasteiger partial charge in [-0.15, -0.1) is 0 Å². The van der Waals surface area contributed by atoms with E-state index in [-0.39, 0.29) is 12.5 Å². The van der Waals surface area contributed by atoms with Crippen molar-refractivity contribution in [3.63, 3.8) is 0 Å². The highest BCUT2D eigenvalue weighted by Crippen LogP contribution is 2.48. The summed E-state index contributed by atoms with van der Waals surface area (Å²) in [6, 6.07) is 14.3. The number of hydrogen-bond acceptors (Lipinski definition) is 4. The molecule has 3 aromatic rings. The van der Waals surface area contributed by atoms with Crippen LogP contribution >= 0.6 is 0 Å². The molecular weight excluding hydrogens is 449 g/mol. The quantitative estimate of drug-likeness (QED) is 0.609. The van der Waals surface area contributed by atoms with Crippen LogP contribution in [-0.2, 0) is 18.4 Å². The summed E-state index contributed by atoms with van der Waals surface area (Å²) in [5.74, 6) is 0.445. The molecule has 0 aliphatic carbocycles. The second kappa shape index (κ2) is 8.09. The molecule has 2 aliphatic rings. The van der Waals surface area contributed by atoms with Gasteiger partial charge in [-0.2, -0.15) is 13.2 Å². The molecular formula is C25H23F3N2O4. The van der Waals surface area contributed by atoms with Gasteiger partial charge < -0.3 is 24.0 Å². The molecule has 178 valence electrons. The number of piperidine rings is 1. The van der Waals surface area contributed by atoms with Crippen LogP contribution < -0.4 is 9.47 Å². The molecule has 2 aliphatic heterocycles. The lowest BCUT2D eigenvalue weighted by molar-refractivity contribution is -0.143. The normalized spacial score (nSPS) is 16.6. The minimum atomic E-state index is -4.52. The highest BCUT2D eigenvalue weighted by molar-refractivity contribution is 5.97. The highest BCUT2D eigenvalue weighted by Gasteiger charge is 2.48. The molecule has 9 heteroatoms. The van der Waals surface area contributed by atoms with Crippen LogP contribution in [0.25, 0.3) is 5.69 Å². The van der Waals surface area contributed by atoms with Crippen LogP contribution in [0.1, 0.15) is 40.2 Å². The minimum Gasteiger partial charge on any atom is -0.496 e.